The Morgan fingerprint density at radius 3 is 2.07 bits per heavy atom. The fourth-order valence-corrected chi connectivity index (χ4v) is 5.99. The van der Waals surface area contributed by atoms with Crippen LogP contribution < -0.4 is 4.74 Å². The third-order valence-electron chi connectivity index (χ3n) is 7.94. The van der Waals surface area contributed by atoms with E-state index in [-0.39, 0.29) is 30.1 Å². The number of aliphatic carboxylic acids is 1. The number of carboxylic acid groups (broad SMARTS) is 1. The highest BCUT2D eigenvalue weighted by molar-refractivity contribution is 6.74. The number of hydrogen-bond acceptors (Lipinski definition) is 7. The Balaban J connectivity index is 1.93. The Hall–Kier alpha value is -3.05. The number of carbonyl (C=O) groups is 3. The Kier molecular flexibility index (Phi) is 10.0. The van der Waals surface area contributed by atoms with Crippen molar-refractivity contribution in [2.75, 3.05) is 26.3 Å². The molecule has 0 spiro atoms. The van der Waals surface area contributed by atoms with Gasteiger partial charge in [-0.15, -0.1) is 0 Å². The maximum absolute atomic E-state index is 13.4. The van der Waals surface area contributed by atoms with E-state index >= 15 is 0 Å². The molecular weight excluding hydrogens is 568 g/mol. The summed E-state index contributed by atoms with van der Waals surface area (Å²) in [6, 6.07) is 5.90. The number of carboxylic acids is 1. The molecule has 1 fully saturated rings. The van der Waals surface area contributed by atoms with E-state index in [1.165, 1.54) is 9.80 Å². The van der Waals surface area contributed by atoms with Crippen molar-refractivity contribution in [2.24, 2.45) is 0 Å². The molecule has 2 bridgehead atoms. The van der Waals surface area contributed by atoms with Gasteiger partial charge in [0.05, 0.1) is 24.3 Å². The molecule has 43 heavy (non-hydrogen) atoms. The highest BCUT2D eigenvalue weighted by atomic mass is 28.4. The number of piperazine rings is 1. The zero-order chi connectivity index (χ0) is 32.5. The van der Waals surface area contributed by atoms with Crippen LogP contribution in [-0.2, 0) is 18.7 Å². The van der Waals surface area contributed by atoms with Gasteiger partial charge in [-0.1, -0.05) is 32.9 Å². The third-order valence-corrected chi connectivity index (χ3v) is 12.5. The zero-order valence-corrected chi connectivity index (χ0v) is 28.7. The van der Waals surface area contributed by atoms with E-state index < -0.39 is 49.8 Å². The van der Waals surface area contributed by atoms with E-state index in [9.17, 15) is 19.5 Å². The summed E-state index contributed by atoms with van der Waals surface area (Å²) < 4.78 is 23.5. The Bertz CT molecular complexity index is 1240. The molecule has 2 amide bonds. The lowest BCUT2D eigenvalue weighted by Crippen LogP contribution is -2.65. The molecule has 2 aliphatic rings. The van der Waals surface area contributed by atoms with E-state index in [1.807, 2.05) is 24.3 Å². The summed E-state index contributed by atoms with van der Waals surface area (Å²) in [6.07, 6.45) is -0.938. The van der Waals surface area contributed by atoms with Gasteiger partial charge in [-0.2, -0.15) is 0 Å². The molecular formula is C32H50N2O8Si. The van der Waals surface area contributed by atoms with Crippen LogP contribution >= 0.6 is 0 Å². The van der Waals surface area contributed by atoms with Crippen molar-refractivity contribution in [1.82, 2.24) is 9.80 Å². The SMILES string of the molecule is CC(C)(C)OC(=O)N1CC2CC(c3cccc(OCCO[Si](C)(C)C(C)(C)C)c3)=C(C(=O)O)[C@@H](C1)N2C(=O)OC(C)(C)C. The molecule has 0 aromatic heterocycles. The quantitative estimate of drug-likeness (QED) is 0.270. The minimum absolute atomic E-state index is 0.0310. The van der Waals surface area contributed by atoms with E-state index in [1.54, 1.807) is 41.5 Å². The maximum atomic E-state index is 13.4. The summed E-state index contributed by atoms with van der Waals surface area (Å²) in [7, 11) is -1.91. The van der Waals surface area contributed by atoms with Gasteiger partial charge in [0.15, 0.2) is 8.32 Å². The van der Waals surface area contributed by atoms with Gasteiger partial charge in [-0.05, 0) is 89.4 Å². The van der Waals surface area contributed by atoms with E-state index in [0.29, 0.717) is 30.1 Å². The van der Waals surface area contributed by atoms with Crippen LogP contribution in [0.5, 0.6) is 5.75 Å². The molecule has 1 saturated heterocycles. The van der Waals surface area contributed by atoms with Gasteiger partial charge in [-0.3, -0.25) is 4.90 Å². The molecule has 2 atom stereocenters. The Morgan fingerprint density at radius 2 is 1.51 bits per heavy atom. The molecule has 1 N–H and O–H groups in total. The molecule has 0 radical (unpaired) electrons. The molecule has 2 aliphatic heterocycles. The summed E-state index contributed by atoms with van der Waals surface area (Å²) in [6.45, 7) is 22.5. The fraction of sp³-hybridized carbons (Fsp3) is 0.656. The molecule has 2 heterocycles. The van der Waals surface area contributed by atoms with Gasteiger partial charge in [-0.25, -0.2) is 14.4 Å². The minimum atomic E-state index is -1.91. The van der Waals surface area contributed by atoms with Crippen molar-refractivity contribution < 1.29 is 38.1 Å². The number of ether oxygens (including phenoxy) is 3. The molecule has 0 aliphatic carbocycles. The number of amides is 2. The van der Waals surface area contributed by atoms with Gasteiger partial charge in [0.25, 0.3) is 0 Å². The largest absolute Gasteiger partial charge is 0.491 e. The number of rotatable bonds is 7. The standard InChI is InChI=1S/C32H50N2O8Si/c1-30(2,3)41-28(37)33-19-22-18-24(26(27(35)36)25(20-33)34(22)29(38)42-31(4,5)6)21-13-12-14-23(17-21)39-15-16-40-43(10,11)32(7,8)9/h12-14,17,22,25H,15-16,18-20H2,1-11H3,(H,35,36)/t22?,25-/m1/s1. The first-order valence-electron chi connectivity index (χ1n) is 14.9. The predicted molar refractivity (Wildman–Crippen MR) is 168 cm³/mol. The van der Waals surface area contributed by atoms with Crippen molar-refractivity contribution in [1.29, 1.82) is 0 Å². The van der Waals surface area contributed by atoms with Crippen molar-refractivity contribution in [3.05, 3.63) is 35.4 Å². The molecule has 11 heteroatoms. The van der Waals surface area contributed by atoms with Crippen molar-refractivity contribution in [3.63, 3.8) is 0 Å². The Labute approximate surface area is 257 Å². The van der Waals surface area contributed by atoms with Crippen LogP contribution in [0.2, 0.25) is 18.1 Å². The van der Waals surface area contributed by atoms with Crippen LogP contribution in [-0.4, -0.2) is 91.0 Å². The second-order valence-corrected chi connectivity index (χ2v) is 19.6. The monoisotopic (exact) mass is 618 g/mol. The van der Waals surface area contributed by atoms with Gasteiger partial charge in [0, 0.05) is 13.1 Å². The molecule has 3 rings (SSSR count). The Morgan fingerprint density at radius 1 is 0.907 bits per heavy atom. The van der Waals surface area contributed by atoms with Gasteiger partial charge < -0.3 is 28.6 Å². The third kappa shape index (κ3) is 8.75. The summed E-state index contributed by atoms with van der Waals surface area (Å²) in [5, 5.41) is 10.6. The van der Waals surface area contributed by atoms with Gasteiger partial charge in [0.2, 0.25) is 0 Å². The molecule has 10 nitrogen and oxygen atoms in total. The van der Waals surface area contributed by atoms with Crippen LogP contribution in [0.4, 0.5) is 9.59 Å². The highest BCUT2D eigenvalue weighted by Gasteiger charge is 2.49. The van der Waals surface area contributed by atoms with Crippen molar-refractivity contribution >= 4 is 32.0 Å². The van der Waals surface area contributed by atoms with Crippen LogP contribution in [0.15, 0.2) is 29.8 Å². The summed E-state index contributed by atoms with van der Waals surface area (Å²) in [5.74, 6) is -0.559. The average molecular weight is 619 g/mol. The topological polar surface area (TPSA) is 115 Å². The van der Waals surface area contributed by atoms with Crippen molar-refractivity contribution in [3.8, 4) is 5.75 Å². The lowest BCUT2D eigenvalue weighted by molar-refractivity contribution is -0.134. The maximum Gasteiger partial charge on any atom is 0.411 e. The van der Waals surface area contributed by atoms with E-state index in [2.05, 4.69) is 33.9 Å². The van der Waals surface area contributed by atoms with Crippen LogP contribution in [0.3, 0.4) is 0 Å². The molecule has 1 aromatic carbocycles. The normalized spacial score (nSPS) is 19.7. The second kappa shape index (κ2) is 12.5. The number of carbonyl (C=O) groups excluding carboxylic acids is 2. The first kappa shape index (κ1) is 34.4. The first-order chi connectivity index (χ1) is 19.6. The van der Waals surface area contributed by atoms with Crippen molar-refractivity contribution in [2.45, 2.75) is 110 Å². The predicted octanol–water partition coefficient (Wildman–Crippen LogP) is 6.55. The van der Waals surface area contributed by atoms with E-state index in [0.717, 1.165) is 0 Å². The highest BCUT2D eigenvalue weighted by Crippen LogP contribution is 2.40. The first-order valence-corrected chi connectivity index (χ1v) is 17.8. The lowest BCUT2D eigenvalue weighted by atomic mass is 9.82. The zero-order valence-electron chi connectivity index (χ0n) is 27.7. The number of fused-ring (bicyclic) bond motifs is 2. The summed E-state index contributed by atoms with van der Waals surface area (Å²) in [5.41, 5.74) is -0.141. The van der Waals surface area contributed by atoms with Gasteiger partial charge >= 0.3 is 18.2 Å². The van der Waals surface area contributed by atoms with E-state index in [4.69, 9.17) is 18.6 Å². The van der Waals surface area contributed by atoms with Crippen LogP contribution in [0, 0.1) is 0 Å². The lowest BCUT2D eigenvalue weighted by Gasteiger charge is -2.50. The smallest absolute Gasteiger partial charge is 0.411 e. The molecule has 1 unspecified atom stereocenters. The van der Waals surface area contributed by atoms with Gasteiger partial charge in [0.1, 0.15) is 23.6 Å². The minimum Gasteiger partial charge on any atom is -0.491 e. The number of benzene rings is 1. The number of hydrogen-bond donors (Lipinski definition) is 1. The average Bonchev–Trinajstić information content (AvgIpc) is 2.82. The summed E-state index contributed by atoms with van der Waals surface area (Å²) >= 11 is 0. The van der Waals surface area contributed by atoms with Crippen LogP contribution in [0.25, 0.3) is 5.57 Å². The number of nitrogens with zero attached hydrogens (tertiary/aromatic N) is 2. The van der Waals surface area contributed by atoms with Crippen LogP contribution in [0.1, 0.15) is 74.3 Å². The molecule has 240 valence electrons. The molecule has 0 saturated carbocycles. The fourth-order valence-electron chi connectivity index (χ4n) is 4.97. The second-order valence-electron chi connectivity index (χ2n) is 14.8. The molecule has 1 aromatic rings. The summed E-state index contributed by atoms with van der Waals surface area (Å²) in [4.78, 5) is 42.3.